The Morgan fingerprint density at radius 2 is 1.95 bits per heavy atom. The third-order valence-electron chi connectivity index (χ3n) is 2.41. The van der Waals surface area contributed by atoms with Crippen LogP contribution in [0.15, 0.2) is 18.2 Å². The average molecular weight is 300 g/mol. The minimum atomic E-state index is -3.39. The maximum absolute atomic E-state index is 12.1. The molecule has 1 aromatic carbocycles. The van der Waals surface area contributed by atoms with E-state index in [0.717, 1.165) is 5.56 Å². The first kappa shape index (κ1) is 15.9. The molecule has 0 heterocycles. The molecule has 1 aromatic rings. The molecule has 0 aliphatic carbocycles. The van der Waals surface area contributed by atoms with Gasteiger partial charge in [0.05, 0.1) is 11.4 Å². The zero-order chi connectivity index (χ0) is 14.8. The van der Waals surface area contributed by atoms with E-state index in [-0.39, 0.29) is 16.2 Å². The fourth-order valence-corrected chi connectivity index (χ4v) is 3.55. The van der Waals surface area contributed by atoms with Crippen LogP contribution in [0.4, 0.5) is 5.69 Å². The summed E-state index contributed by atoms with van der Waals surface area (Å²) in [5, 5.41) is 0. The molecule has 0 radical (unpaired) electrons. The predicted molar refractivity (Wildman–Crippen MR) is 83.9 cm³/mol. The molecular weight excluding hydrogens is 280 g/mol. The minimum Gasteiger partial charge on any atom is -0.389 e. The maximum Gasteiger partial charge on any atom is 0.233 e. The van der Waals surface area contributed by atoms with Crippen molar-refractivity contribution in [3.8, 4) is 0 Å². The fourth-order valence-electron chi connectivity index (χ4n) is 1.66. The summed E-state index contributed by atoms with van der Waals surface area (Å²) in [6.45, 7) is 7.47. The van der Waals surface area contributed by atoms with Crippen molar-refractivity contribution in [3.63, 3.8) is 0 Å². The van der Waals surface area contributed by atoms with E-state index in [1.54, 1.807) is 18.2 Å². The number of hydrogen-bond donors (Lipinski definition) is 2. The summed E-state index contributed by atoms with van der Waals surface area (Å²) in [5.74, 6) is 0.0523. The lowest BCUT2D eigenvalue weighted by Gasteiger charge is -2.19. The van der Waals surface area contributed by atoms with Gasteiger partial charge in [-0.2, -0.15) is 0 Å². The number of nitrogens with one attached hydrogen (secondary N) is 1. The summed E-state index contributed by atoms with van der Waals surface area (Å²) < 4.78 is 26.7. The summed E-state index contributed by atoms with van der Waals surface area (Å²) in [7, 11) is -3.39. The minimum absolute atomic E-state index is 0.0523. The normalized spacial score (nSPS) is 12.2. The average Bonchev–Trinajstić information content (AvgIpc) is 2.16. The summed E-state index contributed by atoms with van der Waals surface area (Å²) in [6.07, 6.45) is 0. The Kier molecular flexibility index (Phi) is 4.58. The predicted octanol–water partition coefficient (Wildman–Crippen LogP) is 2.42. The van der Waals surface area contributed by atoms with Crippen molar-refractivity contribution >= 4 is 32.9 Å². The molecule has 0 unspecified atom stereocenters. The van der Waals surface area contributed by atoms with Gasteiger partial charge in [0.1, 0.15) is 4.99 Å². The highest BCUT2D eigenvalue weighted by Gasteiger charge is 2.22. The van der Waals surface area contributed by atoms with E-state index in [4.69, 9.17) is 18.0 Å². The largest absolute Gasteiger partial charge is 0.389 e. The second kappa shape index (κ2) is 5.46. The Balaban J connectivity index is 3.05. The van der Waals surface area contributed by atoms with Crippen LogP contribution < -0.4 is 10.5 Å². The Morgan fingerprint density at radius 1 is 1.37 bits per heavy atom. The van der Waals surface area contributed by atoms with E-state index >= 15 is 0 Å². The summed E-state index contributed by atoms with van der Waals surface area (Å²) in [5.41, 5.74) is 7.25. The molecule has 4 nitrogen and oxygen atoms in total. The number of rotatable bonds is 4. The molecule has 0 aromatic heterocycles. The molecule has 0 aliphatic heterocycles. The van der Waals surface area contributed by atoms with Crippen LogP contribution in [-0.4, -0.2) is 19.2 Å². The second-order valence-corrected chi connectivity index (χ2v) is 7.98. The molecule has 6 heteroatoms. The highest BCUT2D eigenvalue weighted by Crippen LogP contribution is 2.22. The van der Waals surface area contributed by atoms with Crippen molar-refractivity contribution in [1.29, 1.82) is 0 Å². The van der Waals surface area contributed by atoms with E-state index in [1.807, 2.05) is 27.7 Å². The fraction of sp³-hybridized carbons (Fsp3) is 0.462. The number of nitrogens with two attached hydrogens (primary N) is 1. The van der Waals surface area contributed by atoms with Crippen molar-refractivity contribution < 1.29 is 8.42 Å². The number of sulfonamides is 1. The molecule has 0 bridgehead atoms. The Labute approximate surface area is 120 Å². The molecule has 106 valence electrons. The highest BCUT2D eigenvalue weighted by atomic mass is 32.2. The van der Waals surface area contributed by atoms with Crippen molar-refractivity contribution in [1.82, 2.24) is 0 Å². The van der Waals surface area contributed by atoms with Crippen LogP contribution in [0, 0.1) is 12.3 Å². The van der Waals surface area contributed by atoms with Crippen molar-refractivity contribution in [2.45, 2.75) is 27.7 Å². The highest BCUT2D eigenvalue weighted by molar-refractivity contribution is 7.92. The Bertz CT molecular complexity index is 587. The quantitative estimate of drug-likeness (QED) is 0.838. The van der Waals surface area contributed by atoms with E-state index < -0.39 is 10.0 Å². The lowest BCUT2D eigenvalue weighted by molar-refractivity contribution is 0.463. The van der Waals surface area contributed by atoms with Gasteiger partial charge in [-0.1, -0.05) is 45.1 Å². The standard InChI is InChI=1S/C13H20N2O2S2/c1-9-5-6-10(12(14)18)7-11(9)15-19(16,17)8-13(2,3)4/h5-7,15H,8H2,1-4H3,(H2,14,18). The van der Waals surface area contributed by atoms with Crippen LogP contribution in [0.3, 0.4) is 0 Å². The van der Waals surface area contributed by atoms with Crippen LogP contribution in [-0.2, 0) is 10.0 Å². The van der Waals surface area contributed by atoms with Crippen LogP contribution in [0.25, 0.3) is 0 Å². The second-order valence-electron chi connectivity index (χ2n) is 5.82. The van der Waals surface area contributed by atoms with Crippen molar-refractivity contribution in [3.05, 3.63) is 29.3 Å². The third kappa shape index (κ3) is 5.16. The first-order valence-corrected chi connectivity index (χ1v) is 7.97. The molecule has 0 spiro atoms. The molecule has 0 amide bonds. The molecule has 0 saturated heterocycles. The van der Waals surface area contributed by atoms with Gasteiger partial charge in [-0.25, -0.2) is 8.42 Å². The topological polar surface area (TPSA) is 72.2 Å². The van der Waals surface area contributed by atoms with E-state index in [1.165, 1.54) is 0 Å². The van der Waals surface area contributed by atoms with E-state index in [2.05, 4.69) is 4.72 Å². The molecule has 0 saturated carbocycles. The van der Waals surface area contributed by atoms with Gasteiger partial charge in [0, 0.05) is 5.56 Å². The number of hydrogen-bond acceptors (Lipinski definition) is 3. The smallest absolute Gasteiger partial charge is 0.233 e. The summed E-state index contributed by atoms with van der Waals surface area (Å²) >= 11 is 4.89. The number of thiocarbonyl (C=S) groups is 1. The zero-order valence-corrected chi connectivity index (χ0v) is 13.3. The number of anilines is 1. The first-order valence-electron chi connectivity index (χ1n) is 5.91. The van der Waals surface area contributed by atoms with Crippen LogP contribution in [0.1, 0.15) is 31.9 Å². The van der Waals surface area contributed by atoms with Gasteiger partial charge < -0.3 is 5.73 Å². The van der Waals surface area contributed by atoms with Crippen LogP contribution >= 0.6 is 12.2 Å². The monoisotopic (exact) mass is 300 g/mol. The molecular formula is C13H20N2O2S2. The van der Waals surface area contributed by atoms with E-state index in [0.29, 0.717) is 11.3 Å². The number of aryl methyl sites for hydroxylation is 1. The molecule has 3 N–H and O–H groups in total. The molecule has 0 aliphatic rings. The van der Waals surface area contributed by atoms with Crippen molar-refractivity contribution in [2.75, 3.05) is 10.5 Å². The lowest BCUT2D eigenvalue weighted by Crippen LogP contribution is -2.26. The molecule has 0 atom stereocenters. The molecule has 19 heavy (non-hydrogen) atoms. The van der Waals surface area contributed by atoms with Gasteiger partial charge in [-0.3, -0.25) is 4.72 Å². The van der Waals surface area contributed by atoms with Gasteiger partial charge in [-0.15, -0.1) is 0 Å². The summed E-state index contributed by atoms with van der Waals surface area (Å²) in [4.78, 5) is 0.247. The van der Waals surface area contributed by atoms with Gasteiger partial charge >= 0.3 is 0 Å². The number of benzene rings is 1. The van der Waals surface area contributed by atoms with Crippen molar-refractivity contribution in [2.24, 2.45) is 11.1 Å². The van der Waals surface area contributed by atoms with Gasteiger partial charge in [-0.05, 0) is 24.0 Å². The zero-order valence-electron chi connectivity index (χ0n) is 11.6. The first-order chi connectivity index (χ1) is 8.50. The third-order valence-corrected chi connectivity index (χ3v) is 4.42. The Hall–Kier alpha value is -1.14. The molecule has 0 fully saturated rings. The SMILES string of the molecule is Cc1ccc(C(N)=S)cc1NS(=O)(=O)CC(C)(C)C. The van der Waals surface area contributed by atoms with Gasteiger partial charge in [0.15, 0.2) is 0 Å². The van der Waals surface area contributed by atoms with Crippen LogP contribution in [0.2, 0.25) is 0 Å². The van der Waals surface area contributed by atoms with Gasteiger partial charge in [0.2, 0.25) is 10.0 Å². The van der Waals surface area contributed by atoms with Crippen LogP contribution in [0.5, 0.6) is 0 Å². The molecule has 1 rings (SSSR count). The maximum atomic E-state index is 12.1. The van der Waals surface area contributed by atoms with E-state index in [9.17, 15) is 8.42 Å². The Morgan fingerprint density at radius 3 is 2.42 bits per heavy atom. The van der Waals surface area contributed by atoms with Gasteiger partial charge in [0.25, 0.3) is 0 Å². The lowest BCUT2D eigenvalue weighted by atomic mass is 10.0. The summed E-state index contributed by atoms with van der Waals surface area (Å²) in [6, 6.07) is 5.24.